The van der Waals surface area contributed by atoms with Crippen molar-refractivity contribution in [2.75, 3.05) is 20.2 Å². The van der Waals surface area contributed by atoms with Crippen LogP contribution in [0.1, 0.15) is 26.2 Å². The first-order valence-corrected chi connectivity index (χ1v) is 5.44. The summed E-state index contributed by atoms with van der Waals surface area (Å²) in [5.41, 5.74) is 5.53. The topological polar surface area (TPSA) is 71.1 Å². The standard InChI is InChI=1S/C10H21N3O2/c1-8(10(11)12-14)13(2)6-5-9-4-3-7-15-9/h8-9,14H,3-7H2,1-2H3,(H2,11,12). The Morgan fingerprint density at radius 3 is 3.00 bits per heavy atom. The molecule has 0 bridgehead atoms. The summed E-state index contributed by atoms with van der Waals surface area (Å²) in [6.45, 7) is 3.72. The van der Waals surface area contributed by atoms with E-state index in [2.05, 4.69) is 10.1 Å². The van der Waals surface area contributed by atoms with Gasteiger partial charge in [-0.15, -0.1) is 0 Å². The number of hydrogen-bond donors (Lipinski definition) is 2. The predicted octanol–water partition coefficient (Wildman–Crippen LogP) is 0.622. The fourth-order valence-electron chi connectivity index (χ4n) is 1.72. The number of rotatable bonds is 5. The van der Waals surface area contributed by atoms with Crippen LogP contribution in [0.5, 0.6) is 0 Å². The maximum atomic E-state index is 8.55. The van der Waals surface area contributed by atoms with Crippen LogP contribution >= 0.6 is 0 Å². The SMILES string of the molecule is CC(C(N)=NO)N(C)CCC1CCCO1. The van der Waals surface area contributed by atoms with Crippen LogP contribution in [0.3, 0.4) is 0 Å². The van der Waals surface area contributed by atoms with Gasteiger partial charge in [0.25, 0.3) is 0 Å². The Balaban J connectivity index is 2.25. The van der Waals surface area contributed by atoms with Crippen molar-refractivity contribution in [3.8, 4) is 0 Å². The van der Waals surface area contributed by atoms with Gasteiger partial charge in [-0.25, -0.2) is 0 Å². The highest BCUT2D eigenvalue weighted by Gasteiger charge is 2.18. The molecule has 0 aliphatic carbocycles. The summed E-state index contributed by atoms with van der Waals surface area (Å²) in [7, 11) is 1.97. The minimum Gasteiger partial charge on any atom is -0.409 e. The van der Waals surface area contributed by atoms with Gasteiger partial charge in [0, 0.05) is 13.2 Å². The fraction of sp³-hybridized carbons (Fsp3) is 0.900. The van der Waals surface area contributed by atoms with Gasteiger partial charge in [-0.2, -0.15) is 0 Å². The van der Waals surface area contributed by atoms with Gasteiger partial charge in [0.1, 0.15) is 0 Å². The Labute approximate surface area is 90.9 Å². The maximum absolute atomic E-state index is 8.55. The molecule has 0 radical (unpaired) electrons. The molecule has 2 atom stereocenters. The lowest BCUT2D eigenvalue weighted by atomic mass is 10.1. The summed E-state index contributed by atoms with van der Waals surface area (Å²) in [6, 6.07) is -0.0311. The first-order valence-electron chi connectivity index (χ1n) is 5.44. The Morgan fingerprint density at radius 2 is 2.47 bits per heavy atom. The van der Waals surface area contributed by atoms with Crippen molar-refractivity contribution in [3.63, 3.8) is 0 Å². The lowest BCUT2D eigenvalue weighted by molar-refractivity contribution is 0.0936. The van der Waals surface area contributed by atoms with Gasteiger partial charge in [-0.3, -0.25) is 4.90 Å². The van der Waals surface area contributed by atoms with E-state index < -0.39 is 0 Å². The summed E-state index contributed by atoms with van der Waals surface area (Å²) in [6.07, 6.45) is 3.74. The zero-order valence-corrected chi connectivity index (χ0v) is 9.52. The third-order valence-corrected chi connectivity index (χ3v) is 3.03. The molecule has 0 aromatic rings. The molecule has 2 unspecified atom stereocenters. The van der Waals surface area contributed by atoms with Gasteiger partial charge >= 0.3 is 0 Å². The minimum absolute atomic E-state index is 0.0311. The van der Waals surface area contributed by atoms with E-state index in [9.17, 15) is 0 Å². The molecule has 1 aliphatic rings. The third kappa shape index (κ3) is 3.68. The second-order valence-corrected chi connectivity index (χ2v) is 4.11. The van der Waals surface area contributed by atoms with Crippen molar-refractivity contribution in [1.82, 2.24) is 4.90 Å². The van der Waals surface area contributed by atoms with Crippen LogP contribution in [-0.2, 0) is 4.74 Å². The van der Waals surface area contributed by atoms with Crippen LogP contribution in [0.4, 0.5) is 0 Å². The lowest BCUT2D eigenvalue weighted by Gasteiger charge is -2.24. The quantitative estimate of drug-likeness (QED) is 0.305. The molecule has 88 valence electrons. The predicted molar refractivity (Wildman–Crippen MR) is 59.1 cm³/mol. The van der Waals surface area contributed by atoms with Crippen LogP contribution in [0, 0.1) is 0 Å². The lowest BCUT2D eigenvalue weighted by Crippen LogP contribution is -2.41. The van der Waals surface area contributed by atoms with E-state index in [1.807, 2.05) is 14.0 Å². The first kappa shape index (κ1) is 12.3. The maximum Gasteiger partial charge on any atom is 0.156 e. The molecule has 3 N–H and O–H groups in total. The normalized spacial score (nSPS) is 24.7. The van der Waals surface area contributed by atoms with Crippen molar-refractivity contribution in [2.24, 2.45) is 10.9 Å². The molecular formula is C10H21N3O2. The molecule has 5 heteroatoms. The van der Waals surface area contributed by atoms with Gasteiger partial charge in [-0.1, -0.05) is 5.16 Å². The average Bonchev–Trinajstić information content (AvgIpc) is 2.76. The monoisotopic (exact) mass is 215 g/mol. The van der Waals surface area contributed by atoms with Gasteiger partial charge < -0.3 is 15.7 Å². The van der Waals surface area contributed by atoms with Crippen molar-refractivity contribution in [3.05, 3.63) is 0 Å². The fourth-order valence-corrected chi connectivity index (χ4v) is 1.72. The number of likely N-dealkylation sites (N-methyl/N-ethyl adjacent to an activating group) is 1. The molecule has 0 aromatic heterocycles. The number of amidine groups is 1. The Bertz CT molecular complexity index is 215. The molecule has 1 heterocycles. The van der Waals surface area contributed by atoms with Crippen LogP contribution in [0.2, 0.25) is 0 Å². The molecule has 0 saturated carbocycles. The second kappa shape index (κ2) is 5.92. The van der Waals surface area contributed by atoms with E-state index >= 15 is 0 Å². The minimum atomic E-state index is -0.0311. The molecule has 0 aromatic carbocycles. The molecule has 15 heavy (non-hydrogen) atoms. The third-order valence-electron chi connectivity index (χ3n) is 3.03. The zero-order chi connectivity index (χ0) is 11.3. The number of oxime groups is 1. The largest absolute Gasteiger partial charge is 0.409 e. The highest BCUT2D eigenvalue weighted by Crippen LogP contribution is 2.15. The van der Waals surface area contributed by atoms with Gasteiger partial charge in [-0.05, 0) is 33.2 Å². The van der Waals surface area contributed by atoms with Crippen LogP contribution < -0.4 is 5.73 Å². The molecule has 1 fully saturated rings. The highest BCUT2D eigenvalue weighted by atomic mass is 16.5. The average molecular weight is 215 g/mol. The van der Waals surface area contributed by atoms with E-state index in [-0.39, 0.29) is 11.9 Å². The zero-order valence-electron chi connectivity index (χ0n) is 9.52. The molecule has 1 aliphatic heterocycles. The molecule has 1 saturated heterocycles. The highest BCUT2D eigenvalue weighted by molar-refractivity contribution is 5.84. The first-order chi connectivity index (χ1) is 7.15. The second-order valence-electron chi connectivity index (χ2n) is 4.11. The number of nitrogens with zero attached hydrogens (tertiary/aromatic N) is 2. The van der Waals surface area contributed by atoms with Crippen LogP contribution in [-0.4, -0.2) is 48.3 Å². The van der Waals surface area contributed by atoms with Crippen molar-refractivity contribution in [2.45, 2.75) is 38.3 Å². The summed E-state index contributed by atoms with van der Waals surface area (Å²) < 4.78 is 5.53. The van der Waals surface area contributed by atoms with Crippen molar-refractivity contribution >= 4 is 5.84 Å². The van der Waals surface area contributed by atoms with E-state index in [0.29, 0.717) is 6.10 Å². The van der Waals surface area contributed by atoms with E-state index in [0.717, 1.165) is 26.0 Å². The van der Waals surface area contributed by atoms with Gasteiger partial charge in [0.2, 0.25) is 0 Å². The van der Waals surface area contributed by atoms with Crippen molar-refractivity contribution < 1.29 is 9.94 Å². The summed E-state index contributed by atoms with van der Waals surface area (Å²) >= 11 is 0. The smallest absolute Gasteiger partial charge is 0.156 e. The molecule has 1 rings (SSSR count). The Kier molecular flexibility index (Phi) is 4.84. The number of ether oxygens (including phenoxy) is 1. The summed E-state index contributed by atoms with van der Waals surface area (Å²) in [5, 5.41) is 11.6. The Morgan fingerprint density at radius 1 is 1.73 bits per heavy atom. The van der Waals surface area contributed by atoms with Crippen molar-refractivity contribution in [1.29, 1.82) is 0 Å². The molecule has 5 nitrogen and oxygen atoms in total. The summed E-state index contributed by atoms with van der Waals surface area (Å²) in [4.78, 5) is 2.07. The molecular weight excluding hydrogens is 194 g/mol. The van der Waals surface area contributed by atoms with E-state index in [1.54, 1.807) is 0 Å². The Hall–Kier alpha value is -0.810. The number of hydrogen-bond acceptors (Lipinski definition) is 4. The van der Waals surface area contributed by atoms with E-state index in [1.165, 1.54) is 6.42 Å². The number of nitrogens with two attached hydrogens (primary N) is 1. The molecule has 0 amide bonds. The van der Waals surface area contributed by atoms with Gasteiger partial charge in [0.05, 0.1) is 12.1 Å². The molecule has 0 spiro atoms. The van der Waals surface area contributed by atoms with Crippen LogP contribution in [0.25, 0.3) is 0 Å². The van der Waals surface area contributed by atoms with Crippen LogP contribution in [0.15, 0.2) is 5.16 Å². The van der Waals surface area contributed by atoms with E-state index in [4.69, 9.17) is 15.7 Å². The summed E-state index contributed by atoms with van der Waals surface area (Å²) in [5.74, 6) is 0.254. The van der Waals surface area contributed by atoms with Gasteiger partial charge in [0.15, 0.2) is 5.84 Å².